The molecule has 0 aromatic heterocycles. The minimum Gasteiger partial charge on any atom is -0.378 e. The number of aliphatic imine (C=N–C) groups is 1. The number of amides is 1. The van der Waals surface area contributed by atoms with E-state index in [0.717, 1.165) is 57.4 Å². The SMILES string of the molecule is CCNC(=NCc1ccc(N2CCOCC2)c(F)c1)NCCCN1CCCCCC1=O.I. The number of ether oxygens (including phenoxy) is 1. The van der Waals surface area contributed by atoms with E-state index in [-0.39, 0.29) is 35.7 Å². The van der Waals surface area contributed by atoms with Gasteiger partial charge in [-0.1, -0.05) is 12.5 Å². The summed E-state index contributed by atoms with van der Waals surface area (Å²) in [6.07, 6.45) is 4.81. The number of nitrogens with one attached hydrogen (secondary N) is 2. The molecule has 0 radical (unpaired) electrons. The number of halogens is 2. The van der Waals surface area contributed by atoms with Gasteiger partial charge in [0.05, 0.1) is 25.4 Å². The van der Waals surface area contributed by atoms with Gasteiger partial charge in [-0.15, -0.1) is 24.0 Å². The van der Waals surface area contributed by atoms with E-state index in [1.54, 1.807) is 6.07 Å². The third kappa shape index (κ3) is 8.38. The lowest BCUT2D eigenvalue weighted by molar-refractivity contribution is -0.130. The van der Waals surface area contributed by atoms with Crippen molar-refractivity contribution in [2.45, 2.75) is 45.6 Å². The molecule has 2 saturated heterocycles. The van der Waals surface area contributed by atoms with Crippen LogP contribution in [0.3, 0.4) is 0 Å². The summed E-state index contributed by atoms with van der Waals surface area (Å²) in [5.74, 6) is 0.776. The number of anilines is 1. The maximum absolute atomic E-state index is 14.6. The molecule has 180 valence electrons. The highest BCUT2D eigenvalue weighted by Crippen LogP contribution is 2.22. The lowest BCUT2D eigenvalue weighted by Crippen LogP contribution is -2.39. The number of carbonyl (C=O) groups excluding carboxylic acids is 1. The number of likely N-dealkylation sites (tertiary alicyclic amines) is 1. The third-order valence-electron chi connectivity index (χ3n) is 5.70. The Morgan fingerprint density at radius 2 is 1.97 bits per heavy atom. The van der Waals surface area contributed by atoms with Crippen molar-refractivity contribution in [2.75, 3.05) is 57.4 Å². The third-order valence-corrected chi connectivity index (χ3v) is 5.70. The van der Waals surface area contributed by atoms with Crippen LogP contribution in [0.25, 0.3) is 0 Å². The molecule has 1 amide bonds. The van der Waals surface area contributed by atoms with Crippen LogP contribution in [0, 0.1) is 5.82 Å². The maximum Gasteiger partial charge on any atom is 0.222 e. The fourth-order valence-corrected chi connectivity index (χ4v) is 3.97. The van der Waals surface area contributed by atoms with Gasteiger partial charge < -0.3 is 25.2 Å². The first kappa shape index (κ1) is 26.6. The van der Waals surface area contributed by atoms with Crippen LogP contribution in [0.5, 0.6) is 0 Å². The van der Waals surface area contributed by atoms with Crippen LogP contribution in [0.15, 0.2) is 23.2 Å². The number of rotatable bonds is 8. The zero-order valence-electron chi connectivity index (χ0n) is 19.1. The summed E-state index contributed by atoms with van der Waals surface area (Å²) in [5.41, 5.74) is 1.46. The largest absolute Gasteiger partial charge is 0.378 e. The van der Waals surface area contributed by atoms with Crippen molar-refractivity contribution in [3.05, 3.63) is 29.6 Å². The quantitative estimate of drug-likeness (QED) is 0.221. The number of hydrogen-bond acceptors (Lipinski definition) is 4. The Morgan fingerprint density at radius 3 is 2.72 bits per heavy atom. The number of morpholine rings is 1. The average molecular weight is 561 g/mol. The maximum atomic E-state index is 14.6. The second-order valence-electron chi connectivity index (χ2n) is 8.05. The first-order valence-electron chi connectivity index (χ1n) is 11.6. The number of benzene rings is 1. The van der Waals surface area contributed by atoms with Gasteiger partial charge in [0.25, 0.3) is 0 Å². The molecule has 0 spiro atoms. The molecule has 0 bridgehead atoms. The molecule has 32 heavy (non-hydrogen) atoms. The molecular weight excluding hydrogens is 524 g/mol. The zero-order chi connectivity index (χ0) is 21.9. The standard InChI is InChI=1S/C23H36FN5O2.HI/c1-2-25-23(26-10-6-12-29-11-5-3-4-7-22(29)30)27-18-19-8-9-21(20(24)17-19)28-13-15-31-16-14-28;/h8-9,17H,2-7,10-16,18H2,1H3,(H2,25,26,27);1H. The summed E-state index contributed by atoms with van der Waals surface area (Å²) in [4.78, 5) is 20.7. The average Bonchev–Trinajstić information content (AvgIpc) is 2.99. The Bertz CT molecular complexity index is 743. The molecule has 9 heteroatoms. The second kappa shape index (κ2) is 14.5. The smallest absolute Gasteiger partial charge is 0.222 e. The zero-order valence-corrected chi connectivity index (χ0v) is 21.4. The van der Waals surface area contributed by atoms with Crippen LogP contribution >= 0.6 is 24.0 Å². The normalized spacial score (nSPS) is 17.6. The van der Waals surface area contributed by atoms with Crippen molar-refractivity contribution in [3.63, 3.8) is 0 Å². The Kier molecular flexibility index (Phi) is 12.1. The van der Waals surface area contributed by atoms with Crippen molar-refractivity contribution in [1.29, 1.82) is 0 Å². The van der Waals surface area contributed by atoms with E-state index in [4.69, 9.17) is 4.74 Å². The summed E-state index contributed by atoms with van der Waals surface area (Å²) in [5, 5.41) is 6.55. The summed E-state index contributed by atoms with van der Waals surface area (Å²) >= 11 is 0. The van der Waals surface area contributed by atoms with Gasteiger partial charge in [-0.3, -0.25) is 4.79 Å². The van der Waals surface area contributed by atoms with Gasteiger partial charge in [0.15, 0.2) is 5.96 Å². The van der Waals surface area contributed by atoms with Gasteiger partial charge in [0.2, 0.25) is 5.91 Å². The summed E-state index contributed by atoms with van der Waals surface area (Å²) < 4.78 is 19.9. The van der Waals surface area contributed by atoms with Crippen LogP contribution < -0.4 is 15.5 Å². The molecule has 0 atom stereocenters. The molecule has 0 unspecified atom stereocenters. The minimum atomic E-state index is -0.213. The van der Waals surface area contributed by atoms with E-state index >= 15 is 0 Å². The van der Waals surface area contributed by atoms with Gasteiger partial charge in [-0.2, -0.15) is 0 Å². The summed E-state index contributed by atoms with van der Waals surface area (Å²) in [7, 11) is 0. The Labute approximate surface area is 208 Å². The van der Waals surface area contributed by atoms with Gasteiger partial charge in [-0.05, 0) is 43.9 Å². The first-order valence-corrected chi connectivity index (χ1v) is 11.6. The highest BCUT2D eigenvalue weighted by molar-refractivity contribution is 14.0. The van der Waals surface area contributed by atoms with E-state index in [9.17, 15) is 9.18 Å². The van der Waals surface area contributed by atoms with Gasteiger partial charge in [-0.25, -0.2) is 9.38 Å². The van der Waals surface area contributed by atoms with E-state index in [0.29, 0.717) is 50.9 Å². The van der Waals surface area contributed by atoms with Crippen LogP contribution in [0.4, 0.5) is 10.1 Å². The van der Waals surface area contributed by atoms with Crippen molar-refractivity contribution in [1.82, 2.24) is 15.5 Å². The van der Waals surface area contributed by atoms with Gasteiger partial charge >= 0.3 is 0 Å². The van der Waals surface area contributed by atoms with E-state index in [1.807, 2.05) is 28.9 Å². The second-order valence-corrected chi connectivity index (χ2v) is 8.05. The molecule has 2 N–H and O–H groups in total. The van der Waals surface area contributed by atoms with Crippen molar-refractivity contribution < 1.29 is 13.9 Å². The monoisotopic (exact) mass is 561 g/mol. The van der Waals surface area contributed by atoms with E-state index in [2.05, 4.69) is 15.6 Å². The molecule has 2 aliphatic rings. The number of nitrogens with zero attached hydrogens (tertiary/aromatic N) is 3. The molecule has 2 aliphatic heterocycles. The van der Waals surface area contributed by atoms with Crippen LogP contribution in [0.1, 0.15) is 44.6 Å². The predicted molar refractivity (Wildman–Crippen MR) is 137 cm³/mol. The first-order chi connectivity index (χ1) is 15.2. The van der Waals surface area contributed by atoms with Crippen LogP contribution in [0.2, 0.25) is 0 Å². The van der Waals surface area contributed by atoms with Gasteiger partial charge in [0.1, 0.15) is 5.82 Å². The van der Waals surface area contributed by atoms with Crippen LogP contribution in [-0.4, -0.2) is 69.2 Å². The molecular formula is C23H37FIN5O2. The fourth-order valence-electron chi connectivity index (χ4n) is 3.97. The predicted octanol–water partition coefficient (Wildman–Crippen LogP) is 3.13. The molecule has 3 rings (SSSR count). The summed E-state index contributed by atoms with van der Waals surface area (Å²) in [6, 6.07) is 5.35. The van der Waals surface area contributed by atoms with E-state index < -0.39 is 0 Å². The number of guanidine groups is 1. The van der Waals surface area contributed by atoms with Crippen molar-refractivity contribution in [3.8, 4) is 0 Å². The Balaban J connectivity index is 0.00000363. The molecule has 1 aromatic carbocycles. The molecule has 2 fully saturated rings. The summed E-state index contributed by atoms with van der Waals surface area (Å²) in [6.45, 7) is 8.26. The Hall–Kier alpha value is -1.62. The molecule has 2 heterocycles. The van der Waals surface area contributed by atoms with Crippen molar-refractivity contribution in [2.24, 2.45) is 4.99 Å². The van der Waals surface area contributed by atoms with E-state index in [1.165, 1.54) is 0 Å². The highest BCUT2D eigenvalue weighted by atomic mass is 127. The Morgan fingerprint density at radius 1 is 1.16 bits per heavy atom. The van der Waals surface area contributed by atoms with Crippen LogP contribution in [-0.2, 0) is 16.1 Å². The minimum absolute atomic E-state index is 0. The number of carbonyl (C=O) groups is 1. The van der Waals surface area contributed by atoms with Gasteiger partial charge in [0, 0.05) is 45.7 Å². The lowest BCUT2D eigenvalue weighted by atomic mass is 10.1. The fraction of sp³-hybridized carbons (Fsp3) is 0.652. The topological polar surface area (TPSA) is 69.2 Å². The molecule has 0 aliphatic carbocycles. The molecule has 7 nitrogen and oxygen atoms in total. The molecule has 1 aromatic rings. The number of hydrogen-bond donors (Lipinski definition) is 2. The lowest BCUT2D eigenvalue weighted by Gasteiger charge is -2.29. The molecule has 0 saturated carbocycles. The van der Waals surface area contributed by atoms with Crippen molar-refractivity contribution >= 4 is 41.5 Å². The highest BCUT2D eigenvalue weighted by Gasteiger charge is 2.16.